The Hall–Kier alpha value is -4.65. The number of rotatable bonds is 9. The molecule has 0 fully saturated rings. The Labute approximate surface area is 203 Å². The van der Waals surface area contributed by atoms with Crippen molar-refractivity contribution in [1.82, 2.24) is 19.9 Å². The van der Waals surface area contributed by atoms with E-state index >= 15 is 0 Å². The molecule has 0 saturated carbocycles. The highest BCUT2D eigenvalue weighted by atomic mass is 16.5. The van der Waals surface area contributed by atoms with Crippen molar-refractivity contribution in [3.63, 3.8) is 0 Å². The number of carbonyl (C=O) groups excluding carboxylic acids is 2. The molecular weight excluding hydrogens is 448 g/mol. The van der Waals surface area contributed by atoms with Crippen LogP contribution in [0.15, 0.2) is 55.0 Å². The predicted octanol–water partition coefficient (Wildman–Crippen LogP) is 3.43. The quantitative estimate of drug-likeness (QED) is 0.470. The van der Waals surface area contributed by atoms with Crippen molar-refractivity contribution < 1.29 is 19.1 Å². The van der Waals surface area contributed by atoms with Crippen LogP contribution in [0.5, 0.6) is 11.6 Å². The van der Waals surface area contributed by atoms with Gasteiger partial charge in [0.15, 0.2) is 12.4 Å². The molecule has 0 radical (unpaired) electrons. The highest BCUT2D eigenvalue weighted by molar-refractivity contribution is 5.84. The van der Waals surface area contributed by atoms with Gasteiger partial charge in [0, 0.05) is 39.7 Å². The lowest BCUT2D eigenvalue weighted by Gasteiger charge is -2.22. The maximum atomic E-state index is 11.6. The molecule has 2 aromatic heterocycles. The van der Waals surface area contributed by atoms with Crippen LogP contribution in [0, 0.1) is 12.3 Å². The van der Waals surface area contributed by atoms with E-state index in [9.17, 15) is 9.59 Å². The second kappa shape index (κ2) is 12.0. The van der Waals surface area contributed by atoms with Gasteiger partial charge in [0.25, 0.3) is 0 Å². The SMILES string of the molecule is C#CCOC(=O)Nc1ccc(-c2ccc(Oc3cncc(N(C)CCN(C)C(C)=O)n3)cc2)nc1. The van der Waals surface area contributed by atoms with Gasteiger partial charge in [-0.25, -0.2) is 4.79 Å². The van der Waals surface area contributed by atoms with Gasteiger partial charge in [-0.2, -0.15) is 4.98 Å². The number of ether oxygens (including phenoxy) is 2. The van der Waals surface area contributed by atoms with Crippen molar-refractivity contribution in [2.45, 2.75) is 6.92 Å². The van der Waals surface area contributed by atoms with Gasteiger partial charge in [-0.15, -0.1) is 6.42 Å². The van der Waals surface area contributed by atoms with Gasteiger partial charge < -0.3 is 19.3 Å². The molecule has 35 heavy (non-hydrogen) atoms. The molecule has 0 saturated heterocycles. The molecule has 10 nitrogen and oxygen atoms in total. The fraction of sp³-hybridized carbons (Fsp3) is 0.240. The van der Waals surface area contributed by atoms with E-state index in [1.54, 1.807) is 42.4 Å². The van der Waals surface area contributed by atoms with Crippen LogP contribution in [0.4, 0.5) is 16.3 Å². The monoisotopic (exact) mass is 474 g/mol. The number of pyridine rings is 1. The average molecular weight is 475 g/mol. The summed E-state index contributed by atoms with van der Waals surface area (Å²) in [5, 5.41) is 2.55. The molecular formula is C25H26N6O4. The van der Waals surface area contributed by atoms with Crippen LogP contribution in [0.25, 0.3) is 11.3 Å². The predicted molar refractivity (Wildman–Crippen MR) is 132 cm³/mol. The van der Waals surface area contributed by atoms with E-state index in [4.69, 9.17) is 15.9 Å². The first-order valence-corrected chi connectivity index (χ1v) is 10.7. The lowest BCUT2D eigenvalue weighted by atomic mass is 10.1. The van der Waals surface area contributed by atoms with Crippen LogP contribution in [-0.4, -0.2) is 65.6 Å². The van der Waals surface area contributed by atoms with Gasteiger partial charge in [0.05, 0.1) is 30.0 Å². The molecule has 0 aliphatic carbocycles. The van der Waals surface area contributed by atoms with E-state index in [0.717, 1.165) is 11.3 Å². The van der Waals surface area contributed by atoms with E-state index < -0.39 is 6.09 Å². The maximum absolute atomic E-state index is 11.6. The summed E-state index contributed by atoms with van der Waals surface area (Å²) < 4.78 is 10.6. The van der Waals surface area contributed by atoms with Gasteiger partial charge >= 0.3 is 6.09 Å². The number of amides is 2. The first kappa shape index (κ1) is 25.0. The van der Waals surface area contributed by atoms with Gasteiger partial charge in [0.2, 0.25) is 11.8 Å². The summed E-state index contributed by atoms with van der Waals surface area (Å²) in [7, 11) is 3.63. The Balaban J connectivity index is 1.59. The molecule has 0 atom stereocenters. The molecule has 1 N–H and O–H groups in total. The normalized spacial score (nSPS) is 10.1. The summed E-state index contributed by atoms with van der Waals surface area (Å²) in [6.45, 7) is 2.61. The van der Waals surface area contributed by atoms with E-state index in [1.807, 2.05) is 24.1 Å². The van der Waals surface area contributed by atoms with Gasteiger partial charge in [-0.3, -0.25) is 20.1 Å². The van der Waals surface area contributed by atoms with Crippen molar-refractivity contribution in [1.29, 1.82) is 0 Å². The van der Waals surface area contributed by atoms with E-state index in [-0.39, 0.29) is 12.5 Å². The fourth-order valence-corrected chi connectivity index (χ4v) is 2.86. The minimum absolute atomic E-state index is 0.00798. The van der Waals surface area contributed by atoms with Crippen molar-refractivity contribution in [3.05, 3.63) is 55.0 Å². The van der Waals surface area contributed by atoms with Crippen molar-refractivity contribution in [2.75, 3.05) is 44.0 Å². The lowest BCUT2D eigenvalue weighted by molar-refractivity contribution is -0.127. The number of terminal acetylenes is 1. The third-order valence-electron chi connectivity index (χ3n) is 4.97. The molecule has 10 heteroatoms. The third kappa shape index (κ3) is 7.43. The van der Waals surface area contributed by atoms with Crippen LogP contribution >= 0.6 is 0 Å². The maximum Gasteiger partial charge on any atom is 0.412 e. The van der Waals surface area contributed by atoms with Gasteiger partial charge in [-0.1, -0.05) is 5.92 Å². The van der Waals surface area contributed by atoms with Crippen LogP contribution < -0.4 is 15.0 Å². The Morgan fingerprint density at radius 2 is 1.83 bits per heavy atom. The standard InChI is InChI=1S/C25H26N6O4/c1-5-14-34-25(33)28-20-8-11-22(27-15-20)19-6-9-21(10-7-19)35-24-17-26-16-23(29-24)31(4)13-12-30(3)18(2)32/h1,6-11,15-17H,12-14H2,2-4H3,(H,28,33). The number of nitrogens with one attached hydrogen (secondary N) is 1. The number of hydrogen-bond acceptors (Lipinski definition) is 8. The number of aromatic nitrogens is 3. The molecule has 0 spiro atoms. The van der Waals surface area contributed by atoms with Crippen LogP contribution in [0.2, 0.25) is 0 Å². The van der Waals surface area contributed by atoms with Gasteiger partial charge in [-0.05, 0) is 36.4 Å². The summed E-state index contributed by atoms with van der Waals surface area (Å²) >= 11 is 0. The summed E-state index contributed by atoms with van der Waals surface area (Å²) in [5.74, 6) is 3.81. The van der Waals surface area contributed by atoms with Gasteiger partial charge in [0.1, 0.15) is 5.75 Å². The zero-order chi connectivity index (χ0) is 25.2. The first-order valence-electron chi connectivity index (χ1n) is 10.7. The topological polar surface area (TPSA) is 110 Å². The van der Waals surface area contributed by atoms with Crippen LogP contribution in [0.3, 0.4) is 0 Å². The second-order valence-corrected chi connectivity index (χ2v) is 7.54. The Bertz CT molecular complexity index is 1190. The Morgan fingerprint density at radius 3 is 2.49 bits per heavy atom. The summed E-state index contributed by atoms with van der Waals surface area (Å²) in [5.41, 5.74) is 2.08. The number of likely N-dealkylation sites (N-methyl/N-ethyl adjacent to an activating group) is 2. The molecule has 1 aromatic carbocycles. The third-order valence-corrected chi connectivity index (χ3v) is 4.97. The van der Waals surface area contributed by atoms with E-state index in [0.29, 0.717) is 36.2 Å². The molecule has 0 aliphatic heterocycles. The molecule has 180 valence electrons. The highest BCUT2D eigenvalue weighted by Crippen LogP contribution is 2.25. The summed E-state index contributed by atoms with van der Waals surface area (Å²) in [6.07, 6.45) is 9.13. The lowest BCUT2D eigenvalue weighted by Crippen LogP contribution is -2.33. The molecule has 0 unspecified atom stereocenters. The zero-order valence-corrected chi connectivity index (χ0v) is 19.8. The average Bonchev–Trinajstić information content (AvgIpc) is 2.87. The van der Waals surface area contributed by atoms with E-state index in [2.05, 4.69) is 26.2 Å². The van der Waals surface area contributed by atoms with Crippen molar-refractivity contribution in [2.24, 2.45) is 0 Å². The molecule has 2 heterocycles. The van der Waals surface area contributed by atoms with Crippen LogP contribution in [-0.2, 0) is 9.53 Å². The molecule has 0 bridgehead atoms. The Kier molecular flexibility index (Phi) is 8.56. The molecule has 3 aromatic rings. The highest BCUT2D eigenvalue weighted by Gasteiger charge is 2.09. The number of benzene rings is 1. The zero-order valence-electron chi connectivity index (χ0n) is 19.8. The first-order chi connectivity index (χ1) is 16.9. The molecule has 2 amide bonds. The van der Waals surface area contributed by atoms with Crippen molar-refractivity contribution >= 4 is 23.5 Å². The fourth-order valence-electron chi connectivity index (χ4n) is 2.86. The smallest absolute Gasteiger partial charge is 0.412 e. The number of nitrogens with zero attached hydrogens (tertiary/aromatic N) is 5. The summed E-state index contributed by atoms with van der Waals surface area (Å²) in [6, 6.07) is 10.8. The molecule has 0 aliphatic rings. The summed E-state index contributed by atoms with van der Waals surface area (Å²) in [4.78, 5) is 39.5. The van der Waals surface area contributed by atoms with Crippen LogP contribution in [0.1, 0.15) is 6.92 Å². The Morgan fingerprint density at radius 1 is 1.06 bits per heavy atom. The minimum Gasteiger partial charge on any atom is -0.437 e. The molecule has 3 rings (SSSR count). The second-order valence-electron chi connectivity index (χ2n) is 7.54. The van der Waals surface area contributed by atoms with Crippen molar-refractivity contribution in [3.8, 4) is 35.2 Å². The number of carbonyl (C=O) groups is 2. The largest absolute Gasteiger partial charge is 0.437 e. The number of hydrogen-bond donors (Lipinski definition) is 1. The number of anilines is 2. The van der Waals surface area contributed by atoms with E-state index in [1.165, 1.54) is 19.3 Å². The minimum atomic E-state index is -0.638.